The highest BCUT2D eigenvalue weighted by molar-refractivity contribution is 7.13. The molecule has 1 N–H and O–H groups in total. The van der Waals surface area contributed by atoms with Crippen LogP contribution in [0.1, 0.15) is 41.5 Å². The summed E-state index contributed by atoms with van der Waals surface area (Å²) in [4.78, 5) is 17.7. The first-order valence-electron chi connectivity index (χ1n) is 10.1. The number of nitrogens with one attached hydrogen (secondary N) is 1. The summed E-state index contributed by atoms with van der Waals surface area (Å²) in [6.45, 7) is 14.2. The lowest BCUT2D eigenvalue weighted by atomic mass is 10.2. The Morgan fingerprint density at radius 1 is 1.04 bits per heavy atom. The highest BCUT2D eigenvalue weighted by atomic mass is 32.1. The molecule has 1 aliphatic rings. The molecule has 0 spiro atoms. The van der Waals surface area contributed by atoms with Crippen LogP contribution in [0, 0.1) is 13.8 Å². The van der Waals surface area contributed by atoms with Gasteiger partial charge in [0.05, 0.1) is 5.56 Å². The number of rotatable bonds is 8. The molecule has 2 aromatic heterocycles. The maximum absolute atomic E-state index is 12.6. The molecule has 148 valence electrons. The standard InChI is InChI=1S/C21H32N4OS/c1-4-23-12-14-24(15-13-23)11-6-5-10-22-20(26)19-9-16-27-21(19)25-17(2)7-8-18(25)3/h7-9,16H,4-6,10-15H2,1-3H3,(H,22,26). The van der Waals surface area contributed by atoms with Crippen molar-refractivity contribution >= 4 is 17.2 Å². The molecule has 2 aromatic rings. The molecule has 1 amide bonds. The van der Waals surface area contributed by atoms with Crippen LogP contribution in [0.15, 0.2) is 23.6 Å². The van der Waals surface area contributed by atoms with Gasteiger partial charge in [-0.3, -0.25) is 4.79 Å². The molecule has 5 nitrogen and oxygen atoms in total. The van der Waals surface area contributed by atoms with E-state index in [0.717, 1.165) is 54.4 Å². The topological polar surface area (TPSA) is 40.5 Å². The van der Waals surface area contributed by atoms with Crippen molar-refractivity contribution in [1.29, 1.82) is 0 Å². The molecule has 0 aliphatic carbocycles. The smallest absolute Gasteiger partial charge is 0.254 e. The van der Waals surface area contributed by atoms with Crippen molar-refractivity contribution in [3.05, 3.63) is 40.5 Å². The number of piperazine rings is 1. The van der Waals surface area contributed by atoms with Crippen molar-refractivity contribution < 1.29 is 4.79 Å². The van der Waals surface area contributed by atoms with E-state index in [1.54, 1.807) is 11.3 Å². The van der Waals surface area contributed by atoms with E-state index in [1.165, 1.54) is 26.2 Å². The number of hydrogen-bond acceptors (Lipinski definition) is 4. The number of carbonyl (C=O) groups excluding carboxylic acids is 1. The molecule has 6 heteroatoms. The van der Waals surface area contributed by atoms with Gasteiger partial charge >= 0.3 is 0 Å². The predicted molar refractivity (Wildman–Crippen MR) is 113 cm³/mol. The maximum atomic E-state index is 12.6. The van der Waals surface area contributed by atoms with Crippen molar-refractivity contribution in [2.75, 3.05) is 45.8 Å². The van der Waals surface area contributed by atoms with Gasteiger partial charge in [0.15, 0.2) is 0 Å². The molecule has 0 unspecified atom stereocenters. The van der Waals surface area contributed by atoms with Crippen molar-refractivity contribution in [2.24, 2.45) is 0 Å². The van der Waals surface area contributed by atoms with E-state index in [-0.39, 0.29) is 5.91 Å². The van der Waals surface area contributed by atoms with Crippen LogP contribution in [0.2, 0.25) is 0 Å². The van der Waals surface area contributed by atoms with E-state index in [1.807, 2.05) is 11.4 Å². The van der Waals surface area contributed by atoms with Gasteiger partial charge < -0.3 is 19.7 Å². The summed E-state index contributed by atoms with van der Waals surface area (Å²) in [7, 11) is 0. The van der Waals surface area contributed by atoms with Gasteiger partial charge in [0.25, 0.3) is 5.91 Å². The van der Waals surface area contributed by atoms with Gasteiger partial charge in [0, 0.05) is 44.1 Å². The van der Waals surface area contributed by atoms with E-state index in [9.17, 15) is 4.79 Å². The molecule has 0 bridgehead atoms. The molecule has 0 atom stereocenters. The molecule has 1 fully saturated rings. The third-order valence-electron chi connectivity index (χ3n) is 5.46. The molecule has 0 aromatic carbocycles. The number of aromatic nitrogens is 1. The second-order valence-corrected chi connectivity index (χ2v) is 8.22. The molecule has 0 radical (unpaired) electrons. The Hall–Kier alpha value is -1.63. The van der Waals surface area contributed by atoms with E-state index in [2.05, 4.69) is 52.6 Å². The Bertz CT molecular complexity index is 724. The third-order valence-corrected chi connectivity index (χ3v) is 6.36. The van der Waals surface area contributed by atoms with Gasteiger partial charge in [-0.05, 0) is 63.4 Å². The Balaban J connectivity index is 1.43. The molecule has 1 saturated heterocycles. The average Bonchev–Trinajstić information content (AvgIpc) is 3.28. The Morgan fingerprint density at radius 3 is 2.37 bits per heavy atom. The fourth-order valence-corrected chi connectivity index (χ4v) is 4.74. The van der Waals surface area contributed by atoms with Crippen LogP contribution in [-0.4, -0.2) is 66.1 Å². The first-order valence-corrected chi connectivity index (χ1v) is 10.9. The van der Waals surface area contributed by atoms with E-state index in [4.69, 9.17) is 0 Å². The highest BCUT2D eigenvalue weighted by Gasteiger charge is 2.17. The molecule has 1 aliphatic heterocycles. The second-order valence-electron chi connectivity index (χ2n) is 7.33. The number of carbonyl (C=O) groups is 1. The zero-order valence-corrected chi connectivity index (χ0v) is 17.6. The van der Waals surface area contributed by atoms with Gasteiger partial charge in [0.1, 0.15) is 5.00 Å². The van der Waals surface area contributed by atoms with Crippen molar-refractivity contribution in [3.63, 3.8) is 0 Å². The minimum Gasteiger partial charge on any atom is -0.352 e. The molecule has 3 rings (SSSR count). The molecular weight excluding hydrogens is 356 g/mol. The fourth-order valence-electron chi connectivity index (χ4n) is 3.72. The monoisotopic (exact) mass is 388 g/mol. The van der Waals surface area contributed by atoms with Gasteiger partial charge in [0.2, 0.25) is 0 Å². The van der Waals surface area contributed by atoms with Gasteiger partial charge in [-0.2, -0.15) is 0 Å². The number of unbranched alkanes of at least 4 members (excludes halogenated alkanes) is 1. The van der Waals surface area contributed by atoms with Crippen LogP contribution in [-0.2, 0) is 0 Å². The van der Waals surface area contributed by atoms with E-state index in [0.29, 0.717) is 0 Å². The fraction of sp³-hybridized carbons (Fsp3) is 0.571. The molecule has 0 saturated carbocycles. The maximum Gasteiger partial charge on any atom is 0.254 e. The Morgan fingerprint density at radius 2 is 1.70 bits per heavy atom. The quantitative estimate of drug-likeness (QED) is 0.706. The van der Waals surface area contributed by atoms with E-state index < -0.39 is 0 Å². The number of nitrogens with zero attached hydrogens (tertiary/aromatic N) is 3. The summed E-state index contributed by atoms with van der Waals surface area (Å²) in [5.41, 5.74) is 3.09. The van der Waals surface area contributed by atoms with Crippen LogP contribution < -0.4 is 5.32 Å². The summed E-state index contributed by atoms with van der Waals surface area (Å²) >= 11 is 1.62. The van der Waals surface area contributed by atoms with E-state index >= 15 is 0 Å². The van der Waals surface area contributed by atoms with Gasteiger partial charge in [-0.25, -0.2) is 0 Å². The van der Waals surface area contributed by atoms with Gasteiger partial charge in [-0.15, -0.1) is 11.3 Å². The van der Waals surface area contributed by atoms with Crippen molar-refractivity contribution in [1.82, 2.24) is 19.7 Å². The first-order chi connectivity index (χ1) is 13.1. The highest BCUT2D eigenvalue weighted by Crippen LogP contribution is 2.25. The summed E-state index contributed by atoms with van der Waals surface area (Å²) in [6, 6.07) is 6.12. The lowest BCUT2D eigenvalue weighted by molar-refractivity contribution is 0.0952. The Kier molecular flexibility index (Phi) is 7.10. The third kappa shape index (κ3) is 5.00. The number of thiophene rings is 1. The van der Waals surface area contributed by atoms with Gasteiger partial charge in [-0.1, -0.05) is 6.92 Å². The zero-order valence-electron chi connectivity index (χ0n) is 16.8. The minimum absolute atomic E-state index is 0.0373. The van der Waals surface area contributed by atoms with Crippen LogP contribution >= 0.6 is 11.3 Å². The lowest BCUT2D eigenvalue weighted by Crippen LogP contribution is -2.46. The molecule has 27 heavy (non-hydrogen) atoms. The summed E-state index contributed by atoms with van der Waals surface area (Å²) in [5, 5.41) is 6.12. The summed E-state index contributed by atoms with van der Waals surface area (Å²) in [5.74, 6) is 0.0373. The largest absolute Gasteiger partial charge is 0.352 e. The summed E-state index contributed by atoms with van der Waals surface area (Å²) in [6.07, 6.45) is 2.17. The number of aryl methyl sites for hydroxylation is 2. The summed E-state index contributed by atoms with van der Waals surface area (Å²) < 4.78 is 2.16. The minimum atomic E-state index is 0.0373. The number of hydrogen-bond donors (Lipinski definition) is 1. The molecule has 3 heterocycles. The normalized spacial score (nSPS) is 16.0. The number of likely N-dealkylation sites (N-methyl/N-ethyl adjacent to an activating group) is 1. The Labute approximate surface area is 167 Å². The average molecular weight is 389 g/mol. The lowest BCUT2D eigenvalue weighted by Gasteiger charge is -2.33. The van der Waals surface area contributed by atoms with Crippen molar-refractivity contribution in [2.45, 2.75) is 33.6 Å². The van der Waals surface area contributed by atoms with Crippen LogP contribution in [0.4, 0.5) is 0 Å². The zero-order chi connectivity index (χ0) is 19.2. The van der Waals surface area contributed by atoms with Crippen LogP contribution in [0.3, 0.4) is 0 Å². The predicted octanol–water partition coefficient (Wildman–Crippen LogP) is 3.30. The second kappa shape index (κ2) is 9.53. The SMILES string of the molecule is CCN1CCN(CCCCNC(=O)c2ccsc2-n2c(C)ccc2C)CC1. The number of amides is 1. The first kappa shape index (κ1) is 20.1. The van der Waals surface area contributed by atoms with Crippen LogP contribution in [0.5, 0.6) is 0 Å². The molecular formula is C21H32N4OS. The van der Waals surface area contributed by atoms with Crippen LogP contribution in [0.25, 0.3) is 5.00 Å². The van der Waals surface area contributed by atoms with Crippen molar-refractivity contribution in [3.8, 4) is 5.00 Å².